The van der Waals surface area contributed by atoms with Crippen molar-refractivity contribution in [2.45, 2.75) is 25.5 Å². The van der Waals surface area contributed by atoms with Gasteiger partial charge in [0.2, 0.25) is 0 Å². The lowest BCUT2D eigenvalue weighted by Crippen LogP contribution is -2.37. The molecule has 1 aliphatic heterocycles. The zero-order chi connectivity index (χ0) is 13.2. The molecule has 1 saturated heterocycles. The molecule has 0 amide bonds. The zero-order valence-corrected chi connectivity index (χ0v) is 12.4. The molecule has 0 N–H and O–H groups in total. The number of fused-ring (bicyclic) bond motifs is 1. The molecular weight excluding hydrogens is 252 g/mol. The normalized spacial score (nSPS) is 19.9. The summed E-state index contributed by atoms with van der Waals surface area (Å²) in [4.78, 5) is 7.08. The molecule has 2 aromatic rings. The van der Waals surface area contributed by atoms with Crippen LogP contribution in [0.4, 0.5) is 5.69 Å². The molecule has 0 radical (unpaired) electrons. The Bertz CT molecular complexity index is 582. The number of thioether (sulfide) groups is 1. The molecule has 1 unspecified atom stereocenters. The smallest absolute Gasteiger partial charge is 0.0751 e. The summed E-state index contributed by atoms with van der Waals surface area (Å²) in [6, 6.07) is 8.65. The summed E-state index contributed by atoms with van der Waals surface area (Å²) in [5, 5.41) is 2.06. The lowest BCUT2D eigenvalue weighted by molar-refractivity contribution is 0.730. The summed E-state index contributed by atoms with van der Waals surface area (Å²) in [5.41, 5.74) is 3.76. The highest BCUT2D eigenvalue weighted by molar-refractivity contribution is 8.00. The molecule has 0 saturated carbocycles. The molecule has 1 aromatic carbocycles. The minimum Gasteiger partial charge on any atom is -0.369 e. The lowest BCUT2D eigenvalue weighted by atomic mass is 10.1. The van der Waals surface area contributed by atoms with Gasteiger partial charge in [0.05, 0.1) is 5.52 Å². The Morgan fingerprint density at radius 2 is 2.26 bits per heavy atom. The highest BCUT2D eigenvalue weighted by Gasteiger charge is 2.20. The first-order chi connectivity index (χ1) is 9.29. The van der Waals surface area contributed by atoms with Crippen molar-refractivity contribution in [3.05, 3.63) is 36.0 Å². The second-order valence-electron chi connectivity index (χ2n) is 5.15. The molecule has 0 bridgehead atoms. The van der Waals surface area contributed by atoms with Gasteiger partial charge < -0.3 is 4.90 Å². The molecule has 0 aliphatic carbocycles. The van der Waals surface area contributed by atoms with Crippen LogP contribution in [-0.4, -0.2) is 29.1 Å². The second-order valence-corrected chi connectivity index (χ2v) is 6.56. The minimum absolute atomic E-state index is 0.766. The Labute approximate surface area is 119 Å². The molecule has 100 valence electrons. The van der Waals surface area contributed by atoms with Crippen molar-refractivity contribution in [1.29, 1.82) is 0 Å². The SMILES string of the molecule is CCC1CN(c2ccnc3c(C)cccc23)CCS1. The first-order valence-electron chi connectivity index (χ1n) is 7.00. The van der Waals surface area contributed by atoms with Gasteiger partial charge in [-0.3, -0.25) is 4.98 Å². The molecule has 3 rings (SSSR count). The van der Waals surface area contributed by atoms with Crippen molar-refractivity contribution in [2.75, 3.05) is 23.7 Å². The summed E-state index contributed by atoms with van der Waals surface area (Å²) < 4.78 is 0. The highest BCUT2D eigenvalue weighted by atomic mass is 32.2. The standard InChI is InChI=1S/C16H20N2S/c1-3-13-11-18(9-10-19-13)15-7-8-17-16-12(2)5-4-6-14(15)16/h4-8,13H,3,9-11H2,1-2H3. The number of aromatic nitrogens is 1. The Balaban J connectivity index is 2.03. The van der Waals surface area contributed by atoms with Crippen LogP contribution in [0.15, 0.2) is 30.5 Å². The number of nitrogens with zero attached hydrogens (tertiary/aromatic N) is 2. The van der Waals surface area contributed by atoms with Crippen LogP contribution in [0.1, 0.15) is 18.9 Å². The van der Waals surface area contributed by atoms with E-state index in [4.69, 9.17) is 0 Å². The van der Waals surface area contributed by atoms with Crippen LogP contribution in [0, 0.1) is 6.92 Å². The number of benzene rings is 1. The summed E-state index contributed by atoms with van der Waals surface area (Å²) in [6.45, 7) is 6.73. The maximum atomic E-state index is 4.54. The second kappa shape index (κ2) is 5.41. The number of pyridine rings is 1. The van der Waals surface area contributed by atoms with Gasteiger partial charge in [0.25, 0.3) is 0 Å². The Kier molecular flexibility index (Phi) is 3.65. The van der Waals surface area contributed by atoms with Crippen molar-refractivity contribution in [3.63, 3.8) is 0 Å². The van der Waals surface area contributed by atoms with Crippen molar-refractivity contribution in [1.82, 2.24) is 4.98 Å². The van der Waals surface area contributed by atoms with Gasteiger partial charge in [-0.05, 0) is 25.0 Å². The van der Waals surface area contributed by atoms with Gasteiger partial charge in [-0.1, -0.05) is 25.1 Å². The third kappa shape index (κ3) is 2.44. The number of anilines is 1. The van der Waals surface area contributed by atoms with Gasteiger partial charge in [-0.2, -0.15) is 11.8 Å². The van der Waals surface area contributed by atoms with Gasteiger partial charge in [0, 0.05) is 41.4 Å². The average molecular weight is 272 g/mol. The number of aryl methyl sites for hydroxylation is 1. The van der Waals surface area contributed by atoms with Gasteiger partial charge in [-0.25, -0.2) is 0 Å². The Morgan fingerprint density at radius 3 is 3.11 bits per heavy atom. The zero-order valence-electron chi connectivity index (χ0n) is 11.6. The fourth-order valence-corrected chi connectivity index (χ4v) is 3.95. The highest BCUT2D eigenvalue weighted by Crippen LogP contribution is 2.31. The molecule has 0 spiro atoms. The molecule has 2 heterocycles. The van der Waals surface area contributed by atoms with E-state index in [0.29, 0.717) is 0 Å². The minimum atomic E-state index is 0.766. The van der Waals surface area contributed by atoms with Gasteiger partial charge in [-0.15, -0.1) is 0 Å². The molecule has 1 aromatic heterocycles. The van der Waals surface area contributed by atoms with Crippen LogP contribution < -0.4 is 4.90 Å². The summed E-state index contributed by atoms with van der Waals surface area (Å²) >= 11 is 2.11. The van der Waals surface area contributed by atoms with Crippen LogP contribution in [0.3, 0.4) is 0 Å². The van der Waals surface area contributed by atoms with E-state index in [0.717, 1.165) is 23.9 Å². The predicted octanol–water partition coefficient (Wildman–Crippen LogP) is 3.88. The average Bonchev–Trinajstić information content (AvgIpc) is 2.47. The molecule has 2 nitrogen and oxygen atoms in total. The van der Waals surface area contributed by atoms with Crippen molar-refractivity contribution >= 4 is 28.4 Å². The van der Waals surface area contributed by atoms with Gasteiger partial charge in [0.1, 0.15) is 0 Å². The molecule has 1 aliphatic rings. The van der Waals surface area contributed by atoms with Crippen molar-refractivity contribution in [2.24, 2.45) is 0 Å². The molecule has 19 heavy (non-hydrogen) atoms. The van der Waals surface area contributed by atoms with Crippen LogP contribution in [0.25, 0.3) is 10.9 Å². The number of para-hydroxylation sites is 1. The Hall–Kier alpha value is -1.22. The Morgan fingerprint density at radius 1 is 1.37 bits per heavy atom. The van der Waals surface area contributed by atoms with Crippen LogP contribution >= 0.6 is 11.8 Å². The van der Waals surface area contributed by atoms with E-state index in [9.17, 15) is 0 Å². The van der Waals surface area contributed by atoms with Crippen LogP contribution in [-0.2, 0) is 0 Å². The number of rotatable bonds is 2. The van der Waals surface area contributed by atoms with Gasteiger partial charge >= 0.3 is 0 Å². The maximum absolute atomic E-state index is 4.54. The lowest BCUT2D eigenvalue weighted by Gasteiger charge is -2.34. The summed E-state index contributed by atoms with van der Waals surface area (Å²) in [7, 11) is 0. The first kappa shape index (κ1) is 12.8. The first-order valence-corrected chi connectivity index (χ1v) is 8.05. The third-order valence-corrected chi connectivity index (χ3v) is 5.26. The van der Waals surface area contributed by atoms with Crippen molar-refractivity contribution < 1.29 is 0 Å². The van der Waals surface area contributed by atoms with Gasteiger partial charge in [0.15, 0.2) is 0 Å². The predicted molar refractivity (Wildman–Crippen MR) is 85.2 cm³/mol. The summed E-state index contributed by atoms with van der Waals surface area (Å²) in [6.07, 6.45) is 3.20. The third-order valence-electron chi connectivity index (χ3n) is 3.88. The summed E-state index contributed by atoms with van der Waals surface area (Å²) in [5.74, 6) is 1.23. The monoisotopic (exact) mass is 272 g/mol. The fourth-order valence-electron chi connectivity index (χ4n) is 2.77. The molecular formula is C16H20N2S. The molecule has 3 heteroatoms. The van der Waals surface area contributed by atoms with Crippen LogP contribution in [0.2, 0.25) is 0 Å². The van der Waals surface area contributed by atoms with E-state index in [1.54, 1.807) is 0 Å². The quantitative estimate of drug-likeness (QED) is 0.825. The van der Waals surface area contributed by atoms with E-state index < -0.39 is 0 Å². The van der Waals surface area contributed by atoms with E-state index in [-0.39, 0.29) is 0 Å². The molecule has 1 fully saturated rings. The maximum Gasteiger partial charge on any atom is 0.0751 e. The van der Waals surface area contributed by atoms with E-state index >= 15 is 0 Å². The fraction of sp³-hybridized carbons (Fsp3) is 0.438. The van der Waals surface area contributed by atoms with E-state index in [1.165, 1.54) is 28.8 Å². The number of hydrogen-bond donors (Lipinski definition) is 0. The van der Waals surface area contributed by atoms with E-state index in [1.807, 2.05) is 6.20 Å². The number of hydrogen-bond acceptors (Lipinski definition) is 3. The largest absolute Gasteiger partial charge is 0.369 e. The molecule has 1 atom stereocenters. The van der Waals surface area contributed by atoms with Crippen LogP contribution in [0.5, 0.6) is 0 Å². The topological polar surface area (TPSA) is 16.1 Å². The van der Waals surface area contributed by atoms with Crippen molar-refractivity contribution in [3.8, 4) is 0 Å². The van der Waals surface area contributed by atoms with E-state index in [2.05, 4.69) is 59.8 Å².